The highest BCUT2D eigenvalue weighted by atomic mass is 19.4. The van der Waals surface area contributed by atoms with Crippen molar-refractivity contribution >= 4 is 5.69 Å². The predicted molar refractivity (Wildman–Crippen MR) is 71.2 cm³/mol. The fourth-order valence-electron chi connectivity index (χ4n) is 2.81. The second kappa shape index (κ2) is 5.85. The Morgan fingerprint density at radius 1 is 1.21 bits per heavy atom. The molecule has 2 unspecified atom stereocenters. The number of nitrogens with one attached hydrogen (secondary N) is 1. The molecule has 1 aromatic carbocycles. The van der Waals surface area contributed by atoms with E-state index in [2.05, 4.69) is 12.2 Å². The highest BCUT2D eigenvalue weighted by Gasteiger charge is 2.42. The van der Waals surface area contributed by atoms with E-state index in [-0.39, 0.29) is 18.9 Å². The molecule has 0 aliphatic heterocycles. The zero-order valence-corrected chi connectivity index (χ0v) is 11.1. The summed E-state index contributed by atoms with van der Waals surface area (Å²) in [6.45, 7) is 2.06. The van der Waals surface area contributed by atoms with Crippen LogP contribution in [0, 0.1) is 5.92 Å². The van der Waals surface area contributed by atoms with Gasteiger partial charge in [0.25, 0.3) is 0 Å². The topological polar surface area (TPSA) is 12.0 Å². The van der Waals surface area contributed by atoms with E-state index in [4.69, 9.17) is 0 Å². The minimum atomic E-state index is -4.05. The SMILES string of the molecule is CCc1ccccc1NC1CCCC(C(F)(F)F)C1. The van der Waals surface area contributed by atoms with Crippen molar-refractivity contribution < 1.29 is 13.2 Å². The molecule has 2 atom stereocenters. The minimum Gasteiger partial charge on any atom is -0.382 e. The lowest BCUT2D eigenvalue weighted by molar-refractivity contribution is -0.182. The summed E-state index contributed by atoms with van der Waals surface area (Å²) >= 11 is 0. The average Bonchev–Trinajstić information content (AvgIpc) is 2.39. The summed E-state index contributed by atoms with van der Waals surface area (Å²) in [5.74, 6) is -1.15. The molecular formula is C15H20F3N. The van der Waals surface area contributed by atoms with Gasteiger partial charge in [0.05, 0.1) is 5.92 Å². The monoisotopic (exact) mass is 271 g/mol. The Balaban J connectivity index is 2.03. The highest BCUT2D eigenvalue weighted by molar-refractivity contribution is 5.51. The molecule has 1 aliphatic rings. The van der Waals surface area contributed by atoms with E-state index in [9.17, 15) is 13.2 Å². The van der Waals surface area contributed by atoms with Gasteiger partial charge in [0.2, 0.25) is 0 Å². The Bertz CT molecular complexity index is 414. The number of benzene rings is 1. The molecule has 106 valence electrons. The van der Waals surface area contributed by atoms with Crippen molar-refractivity contribution in [3.05, 3.63) is 29.8 Å². The molecule has 0 heterocycles. The minimum absolute atomic E-state index is 0.0620. The highest BCUT2D eigenvalue weighted by Crippen LogP contribution is 2.38. The van der Waals surface area contributed by atoms with Crippen LogP contribution >= 0.6 is 0 Å². The van der Waals surface area contributed by atoms with E-state index in [1.807, 2.05) is 24.3 Å². The standard InChI is InChI=1S/C15H20F3N/c1-2-11-6-3-4-9-14(11)19-13-8-5-7-12(10-13)15(16,17)18/h3-4,6,9,12-13,19H,2,5,7-8,10H2,1H3. The van der Waals surface area contributed by atoms with Crippen LogP contribution in [-0.4, -0.2) is 12.2 Å². The molecule has 1 saturated carbocycles. The second-order valence-corrected chi connectivity index (χ2v) is 5.26. The molecule has 19 heavy (non-hydrogen) atoms. The average molecular weight is 271 g/mol. The fraction of sp³-hybridized carbons (Fsp3) is 0.600. The molecule has 0 aromatic heterocycles. The van der Waals surface area contributed by atoms with Gasteiger partial charge in [-0.25, -0.2) is 0 Å². The second-order valence-electron chi connectivity index (χ2n) is 5.26. The van der Waals surface area contributed by atoms with Gasteiger partial charge in [0.15, 0.2) is 0 Å². The van der Waals surface area contributed by atoms with E-state index in [1.54, 1.807) is 0 Å². The first-order valence-electron chi connectivity index (χ1n) is 6.92. The van der Waals surface area contributed by atoms with Crippen LogP contribution in [0.4, 0.5) is 18.9 Å². The molecule has 1 aromatic rings. The number of para-hydroxylation sites is 1. The van der Waals surface area contributed by atoms with E-state index in [1.165, 1.54) is 0 Å². The number of alkyl halides is 3. The van der Waals surface area contributed by atoms with Gasteiger partial charge in [-0.3, -0.25) is 0 Å². The van der Waals surface area contributed by atoms with Crippen molar-refractivity contribution in [1.29, 1.82) is 0 Å². The predicted octanol–water partition coefficient (Wildman–Crippen LogP) is 4.78. The van der Waals surface area contributed by atoms with E-state index in [0.29, 0.717) is 6.42 Å². The molecule has 1 aliphatic carbocycles. The summed E-state index contributed by atoms with van der Waals surface area (Å²) in [7, 11) is 0. The Morgan fingerprint density at radius 2 is 1.95 bits per heavy atom. The summed E-state index contributed by atoms with van der Waals surface area (Å²) in [5, 5.41) is 3.30. The number of halogens is 3. The van der Waals surface area contributed by atoms with Crippen molar-refractivity contribution in [2.24, 2.45) is 5.92 Å². The summed E-state index contributed by atoms with van der Waals surface area (Å²) in [4.78, 5) is 0. The van der Waals surface area contributed by atoms with Crippen LogP contribution < -0.4 is 5.32 Å². The van der Waals surface area contributed by atoms with Crippen LogP contribution in [0.2, 0.25) is 0 Å². The maximum Gasteiger partial charge on any atom is 0.391 e. The molecule has 1 nitrogen and oxygen atoms in total. The number of anilines is 1. The lowest BCUT2D eigenvalue weighted by atomic mass is 9.85. The largest absolute Gasteiger partial charge is 0.391 e. The van der Waals surface area contributed by atoms with Gasteiger partial charge in [0.1, 0.15) is 0 Å². The molecular weight excluding hydrogens is 251 g/mol. The van der Waals surface area contributed by atoms with Crippen molar-refractivity contribution in [3.63, 3.8) is 0 Å². The summed E-state index contributed by atoms with van der Waals surface area (Å²) in [6, 6.07) is 7.80. The van der Waals surface area contributed by atoms with Crippen molar-refractivity contribution in [2.45, 2.75) is 51.2 Å². The van der Waals surface area contributed by atoms with Crippen molar-refractivity contribution in [1.82, 2.24) is 0 Å². The molecule has 0 radical (unpaired) electrons. The maximum atomic E-state index is 12.8. The molecule has 0 spiro atoms. The van der Waals surface area contributed by atoms with Gasteiger partial charge in [-0.1, -0.05) is 31.5 Å². The third kappa shape index (κ3) is 3.64. The maximum absolute atomic E-state index is 12.8. The first kappa shape index (κ1) is 14.2. The molecule has 0 bridgehead atoms. The number of aryl methyl sites for hydroxylation is 1. The number of rotatable bonds is 3. The van der Waals surface area contributed by atoms with Gasteiger partial charge in [-0.2, -0.15) is 13.2 Å². The Labute approximate surface area is 112 Å². The van der Waals surface area contributed by atoms with Gasteiger partial charge >= 0.3 is 6.18 Å². The number of hydrogen-bond donors (Lipinski definition) is 1. The van der Waals surface area contributed by atoms with Gasteiger partial charge < -0.3 is 5.32 Å². The van der Waals surface area contributed by atoms with Crippen molar-refractivity contribution in [3.8, 4) is 0 Å². The van der Waals surface area contributed by atoms with Gasteiger partial charge in [-0.05, 0) is 37.3 Å². The fourth-order valence-corrected chi connectivity index (χ4v) is 2.81. The lowest BCUT2D eigenvalue weighted by Gasteiger charge is -2.32. The van der Waals surface area contributed by atoms with Crippen molar-refractivity contribution in [2.75, 3.05) is 5.32 Å². The van der Waals surface area contributed by atoms with E-state index >= 15 is 0 Å². The molecule has 1 fully saturated rings. The Morgan fingerprint density at radius 3 is 2.63 bits per heavy atom. The van der Waals surface area contributed by atoms with Gasteiger partial charge in [-0.15, -0.1) is 0 Å². The smallest absolute Gasteiger partial charge is 0.382 e. The summed E-state index contributed by atoms with van der Waals surface area (Å²) in [5.41, 5.74) is 2.15. The Hall–Kier alpha value is -1.19. The van der Waals surface area contributed by atoms with E-state index in [0.717, 1.165) is 24.1 Å². The first-order chi connectivity index (χ1) is 9.00. The molecule has 2 rings (SSSR count). The summed E-state index contributed by atoms with van der Waals surface area (Å²) in [6.07, 6.45) is -1.22. The van der Waals surface area contributed by atoms with Crippen LogP contribution in [0.5, 0.6) is 0 Å². The van der Waals surface area contributed by atoms with Crippen LogP contribution in [-0.2, 0) is 6.42 Å². The lowest BCUT2D eigenvalue weighted by Crippen LogP contribution is -2.34. The molecule has 0 amide bonds. The Kier molecular flexibility index (Phi) is 4.38. The summed E-state index contributed by atoms with van der Waals surface area (Å²) < 4.78 is 38.3. The first-order valence-corrected chi connectivity index (χ1v) is 6.92. The van der Waals surface area contributed by atoms with Crippen LogP contribution in [0.3, 0.4) is 0 Å². The number of hydrogen-bond acceptors (Lipinski definition) is 1. The van der Waals surface area contributed by atoms with Crippen LogP contribution in [0.1, 0.15) is 38.2 Å². The third-order valence-electron chi connectivity index (χ3n) is 3.90. The van der Waals surface area contributed by atoms with Crippen LogP contribution in [0.15, 0.2) is 24.3 Å². The quantitative estimate of drug-likeness (QED) is 0.834. The van der Waals surface area contributed by atoms with Gasteiger partial charge in [0, 0.05) is 11.7 Å². The third-order valence-corrected chi connectivity index (χ3v) is 3.90. The zero-order valence-electron chi connectivity index (χ0n) is 11.1. The molecule has 1 N–H and O–H groups in total. The molecule has 4 heteroatoms. The normalized spacial score (nSPS) is 24.2. The zero-order chi connectivity index (χ0) is 13.9. The van der Waals surface area contributed by atoms with Crippen LogP contribution in [0.25, 0.3) is 0 Å². The van der Waals surface area contributed by atoms with E-state index < -0.39 is 12.1 Å². The molecule has 0 saturated heterocycles.